The van der Waals surface area contributed by atoms with Gasteiger partial charge in [-0.25, -0.2) is 4.79 Å². The van der Waals surface area contributed by atoms with Crippen LogP contribution in [0.3, 0.4) is 0 Å². The van der Waals surface area contributed by atoms with Crippen molar-refractivity contribution in [3.05, 3.63) is 100 Å². The Morgan fingerprint density at radius 1 is 0.932 bits per heavy atom. The van der Waals surface area contributed by atoms with E-state index in [0.29, 0.717) is 57.0 Å². The van der Waals surface area contributed by atoms with Crippen molar-refractivity contribution >= 4 is 12.1 Å². The van der Waals surface area contributed by atoms with E-state index in [1.165, 1.54) is 12.7 Å². The average molecular weight is 601 g/mol. The van der Waals surface area contributed by atoms with Gasteiger partial charge in [0.2, 0.25) is 0 Å². The molecule has 0 saturated heterocycles. The lowest BCUT2D eigenvalue weighted by Gasteiger charge is -2.31. The van der Waals surface area contributed by atoms with Gasteiger partial charge in [-0.3, -0.25) is 4.79 Å². The van der Waals surface area contributed by atoms with E-state index in [1.54, 1.807) is 4.90 Å². The van der Waals surface area contributed by atoms with Crippen molar-refractivity contribution in [1.29, 1.82) is 0 Å². The number of ether oxygens (including phenoxy) is 4. The van der Waals surface area contributed by atoms with Crippen LogP contribution in [-0.4, -0.2) is 43.8 Å². The maximum atomic E-state index is 12.6. The zero-order valence-electron chi connectivity index (χ0n) is 26.3. The molecule has 2 N–H and O–H groups in total. The summed E-state index contributed by atoms with van der Waals surface area (Å²) in [5.74, 6) is 1.17. The maximum absolute atomic E-state index is 12.6. The highest BCUT2D eigenvalue weighted by molar-refractivity contribution is 5.70. The highest BCUT2D eigenvalue weighted by Gasteiger charge is 2.26. The second-order valence-electron chi connectivity index (χ2n) is 11.0. The lowest BCUT2D eigenvalue weighted by molar-refractivity contribution is -0.140. The van der Waals surface area contributed by atoms with Crippen molar-refractivity contribution in [2.24, 2.45) is 5.73 Å². The summed E-state index contributed by atoms with van der Waals surface area (Å²) in [6, 6.07) is 22.6. The SMILES string of the molecule is CCCOC(=O)N1CCc2c(OCC/C(N)=C(\C)OC(C)c3ccc(-c4ccccc4)cc3)ccc(CCC(=O)OC)c2C1. The van der Waals surface area contributed by atoms with E-state index >= 15 is 0 Å². The van der Waals surface area contributed by atoms with E-state index in [0.717, 1.165) is 40.0 Å². The Kier molecular flexibility index (Phi) is 11.7. The van der Waals surface area contributed by atoms with Crippen LogP contribution in [0.25, 0.3) is 11.1 Å². The van der Waals surface area contributed by atoms with Gasteiger partial charge in [0, 0.05) is 37.2 Å². The lowest BCUT2D eigenvalue weighted by atomic mass is 9.92. The topological polar surface area (TPSA) is 100 Å². The van der Waals surface area contributed by atoms with Crippen LogP contribution in [0.2, 0.25) is 0 Å². The van der Waals surface area contributed by atoms with Crippen molar-refractivity contribution in [3.63, 3.8) is 0 Å². The lowest BCUT2D eigenvalue weighted by Crippen LogP contribution is -2.37. The number of benzene rings is 3. The zero-order valence-corrected chi connectivity index (χ0v) is 26.3. The first-order valence-electron chi connectivity index (χ1n) is 15.3. The summed E-state index contributed by atoms with van der Waals surface area (Å²) in [6.45, 7) is 7.57. The Morgan fingerprint density at radius 2 is 1.66 bits per heavy atom. The number of fused-ring (bicyclic) bond motifs is 1. The number of nitrogens with zero attached hydrogens (tertiary/aromatic N) is 1. The summed E-state index contributed by atoms with van der Waals surface area (Å²) in [7, 11) is 1.39. The third kappa shape index (κ3) is 8.56. The van der Waals surface area contributed by atoms with Gasteiger partial charge in [0.25, 0.3) is 0 Å². The third-order valence-electron chi connectivity index (χ3n) is 7.90. The summed E-state index contributed by atoms with van der Waals surface area (Å²) < 4.78 is 22.6. The molecule has 1 aliphatic heterocycles. The molecule has 1 atom stereocenters. The van der Waals surface area contributed by atoms with Gasteiger partial charge < -0.3 is 29.6 Å². The van der Waals surface area contributed by atoms with Gasteiger partial charge >= 0.3 is 12.1 Å². The minimum atomic E-state index is -0.322. The molecule has 8 heteroatoms. The molecule has 8 nitrogen and oxygen atoms in total. The molecule has 44 heavy (non-hydrogen) atoms. The third-order valence-corrected chi connectivity index (χ3v) is 7.90. The van der Waals surface area contributed by atoms with Gasteiger partial charge in [-0.2, -0.15) is 0 Å². The summed E-state index contributed by atoms with van der Waals surface area (Å²) in [4.78, 5) is 26.1. The van der Waals surface area contributed by atoms with Crippen molar-refractivity contribution < 1.29 is 28.5 Å². The van der Waals surface area contributed by atoms with E-state index in [4.69, 9.17) is 24.7 Å². The fourth-order valence-electron chi connectivity index (χ4n) is 5.29. The summed E-state index contributed by atoms with van der Waals surface area (Å²) in [6.07, 6.45) is 2.20. The Morgan fingerprint density at radius 3 is 2.36 bits per heavy atom. The fourth-order valence-corrected chi connectivity index (χ4v) is 5.29. The van der Waals surface area contributed by atoms with Gasteiger partial charge in [-0.1, -0.05) is 67.6 Å². The standard InChI is InChI=1S/C36H44N2O6/c1-5-22-43-36(40)38-21-19-31-32(24-38)30(16-18-35(39)41-4)15-17-34(31)42-23-20-33(37)26(3)44-25(2)27-11-13-29(14-12-27)28-9-7-6-8-10-28/h6-15,17,25H,5,16,18-24,37H2,1-4H3/b33-26-. The first-order valence-corrected chi connectivity index (χ1v) is 15.3. The molecule has 0 fully saturated rings. The second kappa shape index (κ2) is 15.8. The van der Waals surface area contributed by atoms with Gasteiger partial charge in [0.1, 0.15) is 17.6 Å². The van der Waals surface area contributed by atoms with Crippen LogP contribution in [-0.2, 0) is 38.4 Å². The predicted octanol–water partition coefficient (Wildman–Crippen LogP) is 7.10. The smallest absolute Gasteiger partial charge is 0.410 e. The monoisotopic (exact) mass is 600 g/mol. The molecule has 0 saturated carbocycles. The molecular formula is C36H44N2O6. The summed E-state index contributed by atoms with van der Waals surface area (Å²) in [5, 5.41) is 0. The largest absolute Gasteiger partial charge is 0.493 e. The summed E-state index contributed by atoms with van der Waals surface area (Å²) >= 11 is 0. The number of aryl methyl sites for hydroxylation is 1. The number of carbonyl (C=O) groups excluding carboxylic acids is 2. The number of methoxy groups -OCH3 is 1. The van der Waals surface area contributed by atoms with Crippen LogP contribution in [0.5, 0.6) is 5.75 Å². The molecule has 3 aromatic rings. The Balaban J connectivity index is 1.38. The zero-order chi connectivity index (χ0) is 31.5. The van der Waals surface area contributed by atoms with Crippen LogP contribution in [0.15, 0.2) is 78.2 Å². The molecule has 0 aliphatic carbocycles. The number of nitrogens with two attached hydrogens (primary N) is 1. The number of carbonyl (C=O) groups is 2. The first kappa shape index (κ1) is 32.5. The van der Waals surface area contributed by atoms with Crippen LogP contribution in [0.1, 0.15) is 68.4 Å². The van der Waals surface area contributed by atoms with Crippen LogP contribution in [0, 0.1) is 0 Å². The van der Waals surface area contributed by atoms with Gasteiger partial charge in [-0.15, -0.1) is 0 Å². The number of allylic oxidation sites excluding steroid dienone is 1. The molecule has 1 aliphatic rings. The number of amides is 1. The number of hydrogen-bond donors (Lipinski definition) is 1. The molecule has 0 radical (unpaired) electrons. The molecule has 0 spiro atoms. The van der Waals surface area contributed by atoms with E-state index in [2.05, 4.69) is 36.4 Å². The van der Waals surface area contributed by atoms with Crippen molar-refractivity contribution in [1.82, 2.24) is 4.90 Å². The highest BCUT2D eigenvalue weighted by atomic mass is 16.6. The van der Waals surface area contributed by atoms with Crippen molar-refractivity contribution in [3.8, 4) is 16.9 Å². The Hall–Kier alpha value is -4.46. The maximum Gasteiger partial charge on any atom is 0.410 e. The highest BCUT2D eigenvalue weighted by Crippen LogP contribution is 2.32. The van der Waals surface area contributed by atoms with Gasteiger partial charge in [0.15, 0.2) is 0 Å². The number of rotatable bonds is 13. The number of hydrogen-bond acceptors (Lipinski definition) is 7. The van der Waals surface area contributed by atoms with E-state index in [1.807, 2.05) is 51.1 Å². The molecule has 3 aromatic carbocycles. The first-order chi connectivity index (χ1) is 21.3. The molecule has 1 unspecified atom stereocenters. The summed E-state index contributed by atoms with van der Waals surface area (Å²) in [5.41, 5.74) is 13.5. The second-order valence-corrected chi connectivity index (χ2v) is 11.0. The molecule has 1 heterocycles. The molecule has 0 bridgehead atoms. The minimum absolute atomic E-state index is 0.157. The molecule has 0 aromatic heterocycles. The van der Waals surface area contributed by atoms with E-state index in [-0.39, 0.29) is 24.6 Å². The fraction of sp³-hybridized carbons (Fsp3) is 0.389. The van der Waals surface area contributed by atoms with Crippen molar-refractivity contribution in [2.75, 3.05) is 26.9 Å². The van der Waals surface area contributed by atoms with Crippen LogP contribution < -0.4 is 10.5 Å². The van der Waals surface area contributed by atoms with E-state index in [9.17, 15) is 9.59 Å². The molecule has 1 amide bonds. The molecular weight excluding hydrogens is 556 g/mol. The van der Waals surface area contributed by atoms with Gasteiger partial charge in [-0.05, 0) is 67.0 Å². The van der Waals surface area contributed by atoms with Crippen LogP contribution in [0.4, 0.5) is 4.79 Å². The minimum Gasteiger partial charge on any atom is -0.493 e. The predicted molar refractivity (Wildman–Crippen MR) is 171 cm³/mol. The van der Waals surface area contributed by atoms with Gasteiger partial charge in [0.05, 0.1) is 20.3 Å². The average Bonchev–Trinajstić information content (AvgIpc) is 3.06. The molecule has 4 rings (SSSR count). The Bertz CT molecular complexity index is 1430. The number of esters is 1. The normalized spacial score (nSPS) is 13.8. The quantitative estimate of drug-likeness (QED) is 0.165. The Labute approximate surface area is 260 Å². The van der Waals surface area contributed by atoms with Crippen LogP contribution >= 0.6 is 0 Å². The van der Waals surface area contributed by atoms with Crippen molar-refractivity contribution in [2.45, 2.75) is 65.5 Å². The molecule has 234 valence electrons. The van der Waals surface area contributed by atoms with E-state index < -0.39 is 0 Å².